The maximum absolute atomic E-state index is 13.5. The average molecular weight is 1890 g/mol. The van der Waals surface area contributed by atoms with Gasteiger partial charge in [0.2, 0.25) is 35.4 Å². The van der Waals surface area contributed by atoms with Gasteiger partial charge in [-0.05, 0) is 0 Å². The first-order valence-electron chi connectivity index (χ1n) is 41.1. The maximum atomic E-state index is 13.5. The molecular weight excluding hydrogens is 1760 g/mol. The second-order valence-electron chi connectivity index (χ2n) is 32.4. The molecule has 0 radical (unpaired) electrons. The lowest BCUT2D eigenvalue weighted by atomic mass is 9.93. The summed E-state index contributed by atoms with van der Waals surface area (Å²) in [7, 11) is 0. The smallest absolute Gasteiger partial charge is 0.217 e. The first-order valence-corrected chi connectivity index (χ1v) is 41.1. The molecule has 6 amide bonds. The summed E-state index contributed by atoms with van der Waals surface area (Å²) < 4.78 is 115. The Morgan fingerprint density at radius 2 is 0.434 bits per heavy atom. The summed E-state index contributed by atoms with van der Waals surface area (Å²) in [4.78, 5) is 77.2. The Bertz CT molecular complexity index is 3570. The average Bonchev–Trinajstić information content (AvgIpc) is 0.759. The number of hydrogen-bond acceptors (Lipinski definition) is 51. The lowest BCUT2D eigenvalue weighted by Gasteiger charge is -2.52. The van der Waals surface area contributed by atoms with Crippen LogP contribution in [0.3, 0.4) is 0 Å². The Labute approximate surface area is 731 Å². The minimum absolute atomic E-state index is 0.815. The van der Waals surface area contributed by atoms with Crippen molar-refractivity contribution >= 4 is 35.4 Å². The summed E-state index contributed by atoms with van der Waals surface area (Å²) in [6.07, 6.45) is -94.5. The Kier molecular flexibility index (Phi) is 38.4. The van der Waals surface area contributed by atoms with Gasteiger partial charge in [-0.1, -0.05) is 0 Å². The van der Waals surface area contributed by atoms with E-state index in [1.807, 2.05) is 0 Å². The van der Waals surface area contributed by atoms with Gasteiger partial charge in [-0.15, -0.1) is 0 Å². The number of aliphatic hydroxyl groups excluding tert-OH is 26. The van der Waals surface area contributed by atoms with Crippen molar-refractivity contribution < 1.29 is 252 Å². The third-order valence-corrected chi connectivity index (χ3v) is 23.3. The number of hydrogen-bond donors (Lipinski definition) is 32. The quantitative estimate of drug-likeness (QED) is 0.0284. The van der Waals surface area contributed by atoms with E-state index in [1.54, 1.807) is 0 Å². The van der Waals surface area contributed by atoms with E-state index in [1.165, 1.54) is 0 Å². The van der Waals surface area contributed by atoms with E-state index in [0.29, 0.717) is 0 Å². The number of ether oxygens (including phenoxy) is 19. The van der Waals surface area contributed by atoms with Crippen molar-refractivity contribution in [2.24, 2.45) is 0 Å². The summed E-state index contributed by atoms with van der Waals surface area (Å²) in [6, 6.07) is -11.4. The largest absolute Gasteiger partial charge is 0.394 e. The second kappa shape index (κ2) is 46.7. The molecule has 10 aliphatic heterocycles. The van der Waals surface area contributed by atoms with E-state index in [-0.39, 0.29) is 0 Å². The highest BCUT2D eigenvalue weighted by molar-refractivity contribution is 5.75. The van der Waals surface area contributed by atoms with Crippen LogP contribution in [0.1, 0.15) is 41.5 Å². The summed E-state index contributed by atoms with van der Waals surface area (Å²) >= 11 is 0. The van der Waals surface area contributed by atoms with E-state index < -0.39 is 408 Å². The molecule has 32 N–H and O–H groups in total. The van der Waals surface area contributed by atoms with Crippen LogP contribution in [0.4, 0.5) is 0 Å². The van der Waals surface area contributed by atoms with Gasteiger partial charge in [0.25, 0.3) is 0 Å². The van der Waals surface area contributed by atoms with Crippen molar-refractivity contribution in [3.63, 3.8) is 0 Å². The molecule has 0 bridgehead atoms. The molecule has 10 rings (SSSR count). The van der Waals surface area contributed by atoms with Gasteiger partial charge in [-0.25, -0.2) is 0 Å². The summed E-state index contributed by atoms with van der Waals surface area (Å²) in [5.41, 5.74) is 0. The standard InChI is InChI=1S/C72H120N6O51/c1-17(88)73-33-46(101)55(27(11-83)112-63(33)110)122-66-36(76-20(4)91)49(104)58(30(14-86)117-66)126-70-54(109)60(43(98)32(121-70)16-111-71-61(51(106)42(97)26(10-82)116-71)128-65-35(75-19(3)90)45(100)40(95)24(8-80)114-65)127-72-62(129-68-38(78-22(6)93)47(102)56(28(12-84)119-68)123-64-34(74-18(2)89)44(99)39(94)23(7-79)113-64)53(108)59(31(15-87)120-72)124-67-37(77-21(5)92)48(103)57(29(13-85)118-67)125-69-52(107)50(105)41(96)25(9-81)115-69/h23-72,79-87,94-110H,7-16H2,1-6H3,(H,73,88)(H,74,89)(H,75,90)(H,76,91)(H,77,92)(H,78,93)/t23-,24-,25-,26-,27-,28-,29-,30-,31-,32-,33-,34-,35-,36-,37-,38-,39+,40-,41+,42-,43-,44-,45-,46-,47-,48-,49-,50+,51+,52-,53+,54+,55-,56-,57-,58-,59-,60+,61+,62+,63-,64+,65+,66+,67+,68+,69+,70+,71+,72-/m1/s1. The maximum Gasteiger partial charge on any atom is 0.217 e. The van der Waals surface area contributed by atoms with Crippen LogP contribution in [0.2, 0.25) is 0 Å². The van der Waals surface area contributed by atoms with Crippen LogP contribution in [0, 0.1) is 0 Å². The van der Waals surface area contributed by atoms with Crippen molar-refractivity contribution in [1.29, 1.82) is 0 Å². The molecule has 57 heteroatoms. The fourth-order valence-corrected chi connectivity index (χ4v) is 16.8. The zero-order chi connectivity index (χ0) is 95.1. The molecule has 0 aliphatic carbocycles. The van der Waals surface area contributed by atoms with Crippen LogP contribution in [0.15, 0.2) is 0 Å². The second-order valence-corrected chi connectivity index (χ2v) is 32.4. The summed E-state index contributed by atoms with van der Waals surface area (Å²) in [5.74, 6) is -5.59. The Morgan fingerprint density at radius 1 is 0.202 bits per heavy atom. The number of carbonyl (C=O) groups excluding carboxylic acids is 6. The van der Waals surface area contributed by atoms with Crippen LogP contribution in [0.5, 0.6) is 0 Å². The van der Waals surface area contributed by atoms with Crippen molar-refractivity contribution in [2.75, 3.05) is 66.1 Å². The SMILES string of the molecule is CC(=O)N[C@@H]1[C@@H](O)[C@H](O[C@@H]2O[C@H](CO)[C@@H](O[C@@H]3O[C@H](CO[C@H]4O[C@H](CO)[C@@H](O)[C@H](O)[C@@H]4O[C@@H]4O[C@H](CO)[C@@H](O)[C@H](O)[C@H]4NC(C)=O)[C@@H](O)[C@H](O[C@H]4O[C@H](CO)[C@@H](O[C@@H]5O[C@H](CO)[C@@H](O[C@@H]6O[C@H](CO)[C@H](O)[C@H](O)[C@H]6O)[C@H](O)[C@H]5NC(C)=O)[C@H](O)[C@@H]4O[C@@H]4O[C@H](CO)[C@@H](O[C@@H]5O[C@H](CO)[C@H](O)[C@H](O)[C@H]5NC(C)=O)[C@H](O)[C@H]4NC(C)=O)[C@@H]3O)[C@H](O)[C@H]2NC(C)=O)[C@@H](CO)O[C@H]1O. The van der Waals surface area contributed by atoms with Crippen molar-refractivity contribution in [2.45, 2.75) is 348 Å². The fraction of sp³-hybridized carbons (Fsp3) is 0.917. The minimum atomic E-state index is -2.71. The highest BCUT2D eigenvalue weighted by Crippen LogP contribution is 2.42. The molecule has 50 atom stereocenters. The number of rotatable bonds is 34. The van der Waals surface area contributed by atoms with E-state index >= 15 is 0 Å². The van der Waals surface area contributed by atoms with Gasteiger partial charge < -0.3 is 255 Å². The molecule has 0 unspecified atom stereocenters. The number of nitrogens with one attached hydrogen (secondary N) is 6. The van der Waals surface area contributed by atoms with Gasteiger partial charge in [0.15, 0.2) is 62.9 Å². The van der Waals surface area contributed by atoms with Gasteiger partial charge in [-0.3, -0.25) is 28.8 Å². The molecule has 0 aromatic heterocycles. The summed E-state index contributed by atoms with van der Waals surface area (Å²) in [5, 5.41) is 308. The monoisotopic (exact) mass is 1880 g/mol. The molecule has 10 aliphatic rings. The van der Waals surface area contributed by atoms with Crippen LogP contribution in [-0.2, 0) is 119 Å². The topological polar surface area (TPSA) is 876 Å². The molecule has 10 saturated heterocycles. The van der Waals surface area contributed by atoms with Gasteiger partial charge in [-0.2, -0.15) is 0 Å². The highest BCUT2D eigenvalue weighted by atomic mass is 16.8. The molecule has 0 saturated carbocycles. The lowest BCUT2D eigenvalue weighted by molar-refractivity contribution is -0.406. The molecule has 10 fully saturated rings. The highest BCUT2D eigenvalue weighted by Gasteiger charge is 2.63. The predicted octanol–water partition coefficient (Wildman–Crippen LogP) is -21.9. The first-order chi connectivity index (χ1) is 61.0. The van der Waals surface area contributed by atoms with Gasteiger partial charge in [0.1, 0.15) is 244 Å². The molecule has 0 aromatic rings. The Balaban J connectivity index is 1.06. The third-order valence-electron chi connectivity index (χ3n) is 23.3. The van der Waals surface area contributed by atoms with Crippen molar-refractivity contribution in [3.8, 4) is 0 Å². The molecule has 0 aromatic carbocycles. The minimum Gasteiger partial charge on any atom is -0.394 e. The van der Waals surface area contributed by atoms with E-state index in [0.717, 1.165) is 41.5 Å². The molecule has 10 heterocycles. The van der Waals surface area contributed by atoms with Crippen molar-refractivity contribution in [1.82, 2.24) is 31.9 Å². The number of amides is 6. The van der Waals surface area contributed by atoms with Gasteiger partial charge >= 0.3 is 0 Å². The number of carbonyl (C=O) groups is 6. The number of aliphatic hydroxyl groups is 26. The van der Waals surface area contributed by atoms with Gasteiger partial charge in [0, 0.05) is 41.5 Å². The first kappa shape index (κ1) is 106. The zero-order valence-corrected chi connectivity index (χ0v) is 69.8. The van der Waals surface area contributed by atoms with Crippen LogP contribution in [0.25, 0.3) is 0 Å². The molecule has 744 valence electrons. The van der Waals surface area contributed by atoms with Crippen LogP contribution < -0.4 is 31.9 Å². The predicted molar refractivity (Wildman–Crippen MR) is 399 cm³/mol. The Hall–Kier alpha value is -4.98. The zero-order valence-electron chi connectivity index (χ0n) is 69.8. The molecular formula is C72H120N6O51. The Morgan fingerprint density at radius 3 is 0.783 bits per heavy atom. The van der Waals surface area contributed by atoms with E-state index in [4.69, 9.17) is 90.0 Å². The fourth-order valence-electron chi connectivity index (χ4n) is 16.8. The normalized spacial score (nSPS) is 47.5. The third kappa shape index (κ3) is 24.0. The molecule has 0 spiro atoms. The van der Waals surface area contributed by atoms with E-state index in [9.17, 15) is 162 Å². The van der Waals surface area contributed by atoms with Gasteiger partial charge in [0.05, 0.1) is 66.1 Å². The van der Waals surface area contributed by atoms with E-state index in [2.05, 4.69) is 31.9 Å². The molecule has 129 heavy (non-hydrogen) atoms. The van der Waals surface area contributed by atoms with Crippen molar-refractivity contribution in [3.05, 3.63) is 0 Å². The van der Waals surface area contributed by atoms with Crippen LogP contribution >= 0.6 is 0 Å². The molecule has 57 nitrogen and oxygen atoms in total. The lowest BCUT2D eigenvalue weighted by Crippen LogP contribution is -2.72. The van der Waals surface area contributed by atoms with Crippen LogP contribution in [-0.4, -0.2) is 541 Å². The summed E-state index contributed by atoms with van der Waals surface area (Å²) in [6.45, 7) is -5.89.